The van der Waals surface area contributed by atoms with Crippen molar-refractivity contribution in [2.75, 3.05) is 7.05 Å². The Kier molecular flexibility index (Phi) is 5.63. The predicted octanol–water partition coefficient (Wildman–Crippen LogP) is 2.86. The molecule has 0 saturated carbocycles. The normalized spacial score (nSPS) is 11.5. The lowest BCUT2D eigenvalue weighted by atomic mass is 10.2. The largest absolute Gasteiger partial charge is 0.352 e. The van der Waals surface area contributed by atoms with Gasteiger partial charge in [-0.05, 0) is 17.0 Å². The minimum Gasteiger partial charge on any atom is -0.352 e. The van der Waals surface area contributed by atoms with Crippen molar-refractivity contribution < 1.29 is 0 Å². The molecular weight excluding hydrogens is 318 g/mol. The lowest BCUT2D eigenvalue weighted by Gasteiger charge is -2.12. The fourth-order valence-corrected chi connectivity index (χ4v) is 3.04. The van der Waals surface area contributed by atoms with E-state index in [2.05, 4.69) is 67.0 Å². The van der Waals surface area contributed by atoms with Crippen LogP contribution in [0, 0.1) is 0 Å². The molecule has 3 aromatic rings. The zero-order valence-electron chi connectivity index (χ0n) is 13.6. The molecule has 0 aliphatic rings. The third-order valence-corrected chi connectivity index (χ3v) is 4.52. The molecule has 3 rings (SSSR count). The van der Waals surface area contributed by atoms with Gasteiger partial charge >= 0.3 is 0 Å². The molecule has 2 heterocycles. The van der Waals surface area contributed by atoms with E-state index in [1.54, 1.807) is 18.4 Å². The molecule has 0 amide bonds. The Morgan fingerprint density at radius 3 is 2.71 bits per heavy atom. The average molecular weight is 339 g/mol. The highest BCUT2D eigenvalue weighted by Gasteiger charge is 2.05. The summed E-state index contributed by atoms with van der Waals surface area (Å²) in [6.07, 6.45) is 3.84. The molecular formula is C18H21N5S. The summed E-state index contributed by atoms with van der Waals surface area (Å²) in [4.78, 5) is 9.99. The van der Waals surface area contributed by atoms with Crippen LogP contribution in [0.5, 0.6) is 0 Å². The van der Waals surface area contributed by atoms with E-state index in [1.165, 1.54) is 10.4 Å². The smallest absolute Gasteiger partial charge is 0.191 e. The summed E-state index contributed by atoms with van der Waals surface area (Å²) < 4.78 is 2.15. The third-order valence-electron chi connectivity index (χ3n) is 3.65. The third kappa shape index (κ3) is 4.45. The van der Waals surface area contributed by atoms with Crippen molar-refractivity contribution in [1.82, 2.24) is 20.2 Å². The van der Waals surface area contributed by atoms with E-state index in [0.717, 1.165) is 24.9 Å². The van der Waals surface area contributed by atoms with Gasteiger partial charge in [-0.15, -0.1) is 11.3 Å². The molecule has 0 fully saturated rings. The summed E-state index contributed by atoms with van der Waals surface area (Å²) in [6, 6.07) is 14.6. The number of benzene rings is 1. The van der Waals surface area contributed by atoms with Gasteiger partial charge in [0.2, 0.25) is 0 Å². The fraction of sp³-hybridized carbons (Fsp3) is 0.222. The first kappa shape index (κ1) is 16.3. The Bertz CT molecular complexity index is 762. The van der Waals surface area contributed by atoms with Gasteiger partial charge in [-0.2, -0.15) is 0 Å². The van der Waals surface area contributed by atoms with E-state index in [4.69, 9.17) is 0 Å². The molecule has 1 aromatic carbocycles. The van der Waals surface area contributed by atoms with Crippen molar-refractivity contribution in [3.8, 4) is 0 Å². The number of hydrogen-bond acceptors (Lipinski definition) is 3. The van der Waals surface area contributed by atoms with Crippen molar-refractivity contribution in [3.05, 3.63) is 76.5 Å². The Balaban J connectivity index is 1.55. The molecule has 0 saturated heterocycles. The monoisotopic (exact) mass is 339 g/mol. The Labute approximate surface area is 146 Å². The standard InChI is InChI=1S/C18H21N5S/c1-19-18(21-12-16-8-5-11-24-16)22-13-17-20-9-10-23(17)14-15-6-3-2-4-7-15/h2-11H,12-14H2,1H3,(H2,19,21,22). The van der Waals surface area contributed by atoms with E-state index in [1.807, 2.05) is 18.5 Å². The Morgan fingerprint density at radius 1 is 1.12 bits per heavy atom. The van der Waals surface area contributed by atoms with Crippen LogP contribution in [-0.4, -0.2) is 22.6 Å². The highest BCUT2D eigenvalue weighted by atomic mass is 32.1. The summed E-state index contributed by atoms with van der Waals surface area (Å²) >= 11 is 1.73. The van der Waals surface area contributed by atoms with Gasteiger partial charge in [0, 0.05) is 30.9 Å². The van der Waals surface area contributed by atoms with Crippen molar-refractivity contribution in [2.24, 2.45) is 4.99 Å². The number of nitrogens with one attached hydrogen (secondary N) is 2. The first-order valence-electron chi connectivity index (χ1n) is 7.86. The van der Waals surface area contributed by atoms with Gasteiger partial charge in [-0.3, -0.25) is 4.99 Å². The Morgan fingerprint density at radius 2 is 1.96 bits per heavy atom. The fourth-order valence-electron chi connectivity index (χ4n) is 2.40. The predicted molar refractivity (Wildman–Crippen MR) is 99.1 cm³/mol. The van der Waals surface area contributed by atoms with Gasteiger partial charge in [-0.1, -0.05) is 36.4 Å². The van der Waals surface area contributed by atoms with Crippen molar-refractivity contribution in [3.63, 3.8) is 0 Å². The summed E-state index contributed by atoms with van der Waals surface area (Å²) in [7, 11) is 1.78. The van der Waals surface area contributed by atoms with E-state index in [0.29, 0.717) is 6.54 Å². The van der Waals surface area contributed by atoms with Crippen molar-refractivity contribution >= 4 is 17.3 Å². The average Bonchev–Trinajstić information content (AvgIpc) is 3.28. The molecule has 0 bridgehead atoms. The number of thiophene rings is 1. The summed E-state index contributed by atoms with van der Waals surface area (Å²) in [5.74, 6) is 1.76. The zero-order chi connectivity index (χ0) is 16.6. The van der Waals surface area contributed by atoms with Gasteiger partial charge < -0.3 is 15.2 Å². The molecule has 0 aliphatic heterocycles. The van der Waals surface area contributed by atoms with Gasteiger partial charge in [-0.25, -0.2) is 4.98 Å². The van der Waals surface area contributed by atoms with E-state index >= 15 is 0 Å². The topological polar surface area (TPSA) is 54.2 Å². The SMILES string of the molecule is CN=C(NCc1cccs1)NCc1nccn1Cc1ccccc1. The van der Waals surface area contributed by atoms with Crippen LogP contribution in [0.25, 0.3) is 0 Å². The van der Waals surface area contributed by atoms with Crippen LogP contribution in [0.15, 0.2) is 65.2 Å². The highest BCUT2D eigenvalue weighted by molar-refractivity contribution is 7.09. The molecule has 0 spiro atoms. The zero-order valence-corrected chi connectivity index (χ0v) is 14.5. The quantitative estimate of drug-likeness (QED) is 0.536. The molecule has 2 N–H and O–H groups in total. The molecule has 0 atom stereocenters. The first-order chi connectivity index (χ1) is 11.8. The molecule has 6 heteroatoms. The number of aliphatic imine (C=N–C) groups is 1. The number of hydrogen-bond donors (Lipinski definition) is 2. The molecule has 0 radical (unpaired) electrons. The molecule has 5 nitrogen and oxygen atoms in total. The van der Waals surface area contributed by atoms with E-state index < -0.39 is 0 Å². The maximum Gasteiger partial charge on any atom is 0.191 e. The van der Waals surface area contributed by atoms with Crippen LogP contribution in [-0.2, 0) is 19.6 Å². The maximum absolute atomic E-state index is 4.45. The van der Waals surface area contributed by atoms with Gasteiger partial charge in [0.15, 0.2) is 5.96 Å². The number of guanidine groups is 1. The lowest BCUT2D eigenvalue weighted by Crippen LogP contribution is -2.36. The minimum atomic E-state index is 0.629. The van der Waals surface area contributed by atoms with Crippen LogP contribution in [0.2, 0.25) is 0 Å². The summed E-state index contributed by atoms with van der Waals surface area (Å²) in [5.41, 5.74) is 1.26. The highest BCUT2D eigenvalue weighted by Crippen LogP contribution is 2.07. The molecule has 2 aromatic heterocycles. The number of rotatable bonds is 6. The number of aromatic nitrogens is 2. The second kappa shape index (κ2) is 8.31. The van der Waals surface area contributed by atoms with Gasteiger partial charge in [0.05, 0.1) is 13.1 Å². The van der Waals surface area contributed by atoms with Crippen LogP contribution < -0.4 is 10.6 Å². The van der Waals surface area contributed by atoms with Crippen LogP contribution in [0.1, 0.15) is 16.3 Å². The van der Waals surface area contributed by atoms with Crippen LogP contribution >= 0.6 is 11.3 Å². The lowest BCUT2D eigenvalue weighted by molar-refractivity contribution is 0.688. The molecule has 0 unspecified atom stereocenters. The first-order valence-corrected chi connectivity index (χ1v) is 8.74. The van der Waals surface area contributed by atoms with Crippen LogP contribution in [0.3, 0.4) is 0 Å². The van der Waals surface area contributed by atoms with Crippen LogP contribution in [0.4, 0.5) is 0 Å². The second-order valence-electron chi connectivity index (χ2n) is 5.32. The summed E-state index contributed by atoms with van der Waals surface area (Å²) in [5, 5.41) is 8.71. The minimum absolute atomic E-state index is 0.629. The van der Waals surface area contributed by atoms with Gasteiger partial charge in [0.1, 0.15) is 5.82 Å². The van der Waals surface area contributed by atoms with E-state index in [-0.39, 0.29) is 0 Å². The molecule has 124 valence electrons. The second-order valence-corrected chi connectivity index (χ2v) is 6.35. The molecule has 24 heavy (non-hydrogen) atoms. The van der Waals surface area contributed by atoms with Crippen molar-refractivity contribution in [1.29, 1.82) is 0 Å². The number of imidazole rings is 1. The maximum atomic E-state index is 4.45. The number of nitrogens with zero attached hydrogens (tertiary/aromatic N) is 3. The van der Waals surface area contributed by atoms with Crippen molar-refractivity contribution in [2.45, 2.75) is 19.6 Å². The van der Waals surface area contributed by atoms with Gasteiger partial charge in [0.25, 0.3) is 0 Å². The summed E-state index contributed by atoms with van der Waals surface area (Å²) in [6.45, 7) is 2.22. The van der Waals surface area contributed by atoms with E-state index in [9.17, 15) is 0 Å². The molecule has 0 aliphatic carbocycles. The Hall–Kier alpha value is -2.60.